The first-order valence-corrected chi connectivity index (χ1v) is 9.71. The molecule has 1 saturated heterocycles. The maximum absolute atomic E-state index is 12.4. The number of rotatable bonds is 9. The van der Waals surface area contributed by atoms with Crippen molar-refractivity contribution in [1.82, 2.24) is 0 Å². The number of nitrogens with two attached hydrogens (primary N) is 1. The highest BCUT2D eigenvalue weighted by Gasteiger charge is 2.26. The molecule has 1 atom stereocenters. The van der Waals surface area contributed by atoms with E-state index in [0.29, 0.717) is 33.0 Å². The van der Waals surface area contributed by atoms with Gasteiger partial charge in [0.05, 0.1) is 19.3 Å². The summed E-state index contributed by atoms with van der Waals surface area (Å²) in [6, 6.07) is 16.8. The normalized spacial score (nSPS) is 15.8. The lowest BCUT2D eigenvalue weighted by atomic mass is 9.92. The van der Waals surface area contributed by atoms with Gasteiger partial charge in [0.25, 0.3) is 0 Å². The Bertz CT molecular complexity index is 732. The molecule has 1 heterocycles. The van der Waals surface area contributed by atoms with Crippen molar-refractivity contribution in [1.29, 1.82) is 0 Å². The second kappa shape index (κ2) is 10.8. The monoisotopic (exact) mass is 384 g/mol. The van der Waals surface area contributed by atoms with E-state index >= 15 is 0 Å². The third-order valence-electron chi connectivity index (χ3n) is 4.78. The van der Waals surface area contributed by atoms with Crippen LogP contribution in [0.5, 0.6) is 5.75 Å². The van der Waals surface area contributed by atoms with E-state index in [1.807, 2.05) is 54.6 Å². The van der Waals surface area contributed by atoms with Crippen LogP contribution in [0, 0.1) is 5.92 Å². The molecule has 28 heavy (non-hydrogen) atoms. The molecule has 0 saturated carbocycles. The zero-order valence-corrected chi connectivity index (χ0v) is 16.0. The van der Waals surface area contributed by atoms with Gasteiger partial charge < -0.3 is 25.3 Å². The molecule has 0 aromatic heterocycles. The summed E-state index contributed by atoms with van der Waals surface area (Å²) in [5.41, 5.74) is 7.85. The molecule has 0 radical (unpaired) electrons. The van der Waals surface area contributed by atoms with Crippen molar-refractivity contribution >= 4 is 11.6 Å². The average Bonchev–Trinajstić information content (AvgIpc) is 2.74. The Kier molecular flexibility index (Phi) is 7.84. The lowest BCUT2D eigenvalue weighted by molar-refractivity contribution is -0.119. The fourth-order valence-corrected chi connectivity index (χ4v) is 3.18. The van der Waals surface area contributed by atoms with Crippen molar-refractivity contribution in [2.24, 2.45) is 11.7 Å². The molecule has 1 aliphatic rings. The summed E-state index contributed by atoms with van der Waals surface area (Å²) in [6.07, 6.45) is 1.65. The summed E-state index contributed by atoms with van der Waals surface area (Å²) in [4.78, 5) is 12.4. The van der Waals surface area contributed by atoms with Crippen LogP contribution >= 0.6 is 0 Å². The number of amides is 1. The van der Waals surface area contributed by atoms with Crippen molar-refractivity contribution < 1.29 is 19.0 Å². The van der Waals surface area contributed by atoms with Crippen LogP contribution in [0.25, 0.3) is 0 Å². The van der Waals surface area contributed by atoms with E-state index in [0.717, 1.165) is 29.8 Å². The zero-order chi connectivity index (χ0) is 19.6. The minimum absolute atomic E-state index is 0.152. The zero-order valence-electron chi connectivity index (χ0n) is 16.0. The molecule has 1 fully saturated rings. The van der Waals surface area contributed by atoms with Crippen LogP contribution in [0.4, 0.5) is 5.69 Å². The fraction of sp³-hybridized carbons (Fsp3) is 0.409. The second-order valence-electron chi connectivity index (χ2n) is 6.88. The molecule has 3 rings (SSSR count). The Morgan fingerprint density at radius 3 is 2.68 bits per heavy atom. The van der Waals surface area contributed by atoms with Crippen LogP contribution in [0.1, 0.15) is 18.4 Å². The summed E-state index contributed by atoms with van der Waals surface area (Å²) in [7, 11) is 0. The fourth-order valence-electron chi connectivity index (χ4n) is 3.18. The lowest BCUT2D eigenvalue weighted by Gasteiger charge is -2.26. The summed E-state index contributed by atoms with van der Waals surface area (Å²) in [5.74, 6) is 0.850. The van der Waals surface area contributed by atoms with E-state index in [2.05, 4.69) is 5.32 Å². The number of anilines is 1. The van der Waals surface area contributed by atoms with Gasteiger partial charge in [-0.05, 0) is 48.6 Å². The van der Waals surface area contributed by atoms with Crippen molar-refractivity contribution in [3.63, 3.8) is 0 Å². The summed E-state index contributed by atoms with van der Waals surface area (Å²) in [5, 5.41) is 2.92. The first kappa shape index (κ1) is 20.3. The topological polar surface area (TPSA) is 82.8 Å². The van der Waals surface area contributed by atoms with Gasteiger partial charge in [0.15, 0.2) is 0 Å². The van der Waals surface area contributed by atoms with E-state index in [1.54, 1.807) is 0 Å². The third kappa shape index (κ3) is 6.34. The van der Waals surface area contributed by atoms with Crippen molar-refractivity contribution in [2.45, 2.75) is 25.5 Å². The van der Waals surface area contributed by atoms with Crippen LogP contribution in [-0.2, 0) is 20.9 Å². The highest BCUT2D eigenvalue weighted by atomic mass is 16.5. The number of carbonyl (C=O) groups excluding carboxylic acids is 1. The highest BCUT2D eigenvalue weighted by Crippen LogP contribution is 2.19. The summed E-state index contributed by atoms with van der Waals surface area (Å²) in [6.45, 7) is 2.77. The molecule has 6 nitrogen and oxygen atoms in total. The Hall–Kier alpha value is -2.41. The maximum Gasteiger partial charge on any atom is 0.241 e. The standard InChI is InChI=1S/C22H28N2O4/c23-21(18-9-11-26-12-10-18)22(25)24-19-6-4-5-17(15-19)16-27-13-14-28-20-7-2-1-3-8-20/h1-8,15,18,21H,9-14,16,23H2,(H,24,25). The molecule has 1 amide bonds. The quantitative estimate of drug-likeness (QED) is 0.650. The van der Waals surface area contributed by atoms with Gasteiger partial charge in [0, 0.05) is 18.9 Å². The highest BCUT2D eigenvalue weighted by molar-refractivity contribution is 5.94. The minimum Gasteiger partial charge on any atom is -0.491 e. The molecule has 1 unspecified atom stereocenters. The van der Waals surface area contributed by atoms with Gasteiger partial charge in [-0.25, -0.2) is 0 Å². The SMILES string of the molecule is NC(C(=O)Nc1cccc(COCCOc2ccccc2)c1)C1CCOCC1. The Balaban J connectivity index is 1.41. The molecule has 3 N–H and O–H groups in total. The van der Waals surface area contributed by atoms with Crippen LogP contribution in [-0.4, -0.2) is 38.4 Å². The van der Waals surface area contributed by atoms with Crippen molar-refractivity contribution in [2.75, 3.05) is 31.7 Å². The molecule has 0 spiro atoms. The number of carbonyl (C=O) groups is 1. The van der Waals surface area contributed by atoms with Gasteiger partial charge in [0.1, 0.15) is 12.4 Å². The first-order chi connectivity index (χ1) is 13.7. The Morgan fingerprint density at radius 2 is 1.89 bits per heavy atom. The Labute approximate surface area is 166 Å². The van der Waals surface area contributed by atoms with Gasteiger partial charge in [-0.2, -0.15) is 0 Å². The number of para-hydroxylation sites is 1. The number of hydrogen-bond acceptors (Lipinski definition) is 5. The van der Waals surface area contributed by atoms with Crippen molar-refractivity contribution in [3.05, 3.63) is 60.2 Å². The van der Waals surface area contributed by atoms with Gasteiger partial charge in [-0.15, -0.1) is 0 Å². The summed E-state index contributed by atoms with van der Waals surface area (Å²) >= 11 is 0. The van der Waals surface area contributed by atoms with Gasteiger partial charge >= 0.3 is 0 Å². The number of nitrogens with one attached hydrogen (secondary N) is 1. The molecule has 1 aliphatic heterocycles. The predicted octanol–water partition coefficient (Wildman–Crippen LogP) is 2.97. The smallest absolute Gasteiger partial charge is 0.241 e. The second-order valence-corrected chi connectivity index (χ2v) is 6.88. The molecule has 2 aromatic rings. The molecular weight excluding hydrogens is 356 g/mol. The van der Waals surface area contributed by atoms with E-state index in [-0.39, 0.29) is 11.8 Å². The van der Waals surface area contributed by atoms with E-state index in [9.17, 15) is 4.79 Å². The van der Waals surface area contributed by atoms with Crippen LogP contribution in [0.3, 0.4) is 0 Å². The molecule has 6 heteroatoms. The maximum atomic E-state index is 12.4. The molecule has 0 bridgehead atoms. The summed E-state index contributed by atoms with van der Waals surface area (Å²) < 4.78 is 16.6. The number of ether oxygens (including phenoxy) is 3. The van der Waals surface area contributed by atoms with Crippen molar-refractivity contribution in [3.8, 4) is 5.75 Å². The van der Waals surface area contributed by atoms with E-state index < -0.39 is 6.04 Å². The average molecular weight is 384 g/mol. The lowest BCUT2D eigenvalue weighted by Crippen LogP contribution is -2.44. The largest absolute Gasteiger partial charge is 0.491 e. The predicted molar refractivity (Wildman–Crippen MR) is 108 cm³/mol. The molecule has 150 valence electrons. The van der Waals surface area contributed by atoms with Gasteiger partial charge in [-0.3, -0.25) is 4.79 Å². The minimum atomic E-state index is -0.515. The first-order valence-electron chi connectivity index (χ1n) is 9.71. The Morgan fingerprint density at radius 1 is 1.11 bits per heavy atom. The molecular formula is C22H28N2O4. The molecule has 0 aliphatic carbocycles. The van der Waals surface area contributed by atoms with E-state index in [4.69, 9.17) is 19.9 Å². The van der Waals surface area contributed by atoms with Crippen LogP contribution in [0.15, 0.2) is 54.6 Å². The molecule has 2 aromatic carbocycles. The van der Waals surface area contributed by atoms with Crippen LogP contribution < -0.4 is 15.8 Å². The van der Waals surface area contributed by atoms with Gasteiger partial charge in [0.2, 0.25) is 5.91 Å². The van der Waals surface area contributed by atoms with Gasteiger partial charge in [-0.1, -0.05) is 30.3 Å². The third-order valence-corrected chi connectivity index (χ3v) is 4.78. The number of hydrogen-bond donors (Lipinski definition) is 2. The number of benzene rings is 2. The van der Waals surface area contributed by atoms with Crippen LogP contribution in [0.2, 0.25) is 0 Å². The van der Waals surface area contributed by atoms with E-state index in [1.165, 1.54) is 0 Å².